The maximum atomic E-state index is 13.8. The van der Waals surface area contributed by atoms with Crippen molar-refractivity contribution in [1.29, 1.82) is 0 Å². The molecule has 1 atom stereocenters. The first-order valence-electron chi connectivity index (χ1n) is 16.4. The van der Waals surface area contributed by atoms with Gasteiger partial charge in [-0.3, -0.25) is 14.4 Å². The number of anilines is 2. The van der Waals surface area contributed by atoms with E-state index < -0.39 is 17.1 Å². The highest BCUT2D eigenvalue weighted by Crippen LogP contribution is 2.41. The lowest BCUT2D eigenvalue weighted by Gasteiger charge is -2.19. The van der Waals surface area contributed by atoms with Gasteiger partial charge < -0.3 is 39.6 Å². The van der Waals surface area contributed by atoms with Crippen LogP contribution in [-0.2, 0) is 9.59 Å². The summed E-state index contributed by atoms with van der Waals surface area (Å²) in [6.45, 7) is 0. The second-order valence-corrected chi connectivity index (χ2v) is 13.0. The summed E-state index contributed by atoms with van der Waals surface area (Å²) < 4.78 is 27.1. The van der Waals surface area contributed by atoms with Crippen LogP contribution in [0.15, 0.2) is 120 Å². The van der Waals surface area contributed by atoms with Gasteiger partial charge in [0.2, 0.25) is 11.7 Å². The number of methoxy groups -OCH3 is 5. The smallest absolute Gasteiger partial charge is 0.272 e. The van der Waals surface area contributed by atoms with Crippen LogP contribution in [0.3, 0.4) is 0 Å². The Bertz CT molecular complexity index is 2110. The Balaban J connectivity index is 1.39. The maximum Gasteiger partial charge on any atom is 0.272 e. The van der Waals surface area contributed by atoms with Crippen molar-refractivity contribution in [3.05, 3.63) is 137 Å². The Kier molecular flexibility index (Phi) is 13.5. The van der Waals surface area contributed by atoms with Crippen LogP contribution in [0, 0.1) is 0 Å². The second kappa shape index (κ2) is 18.6. The number of halogens is 1. The Morgan fingerprint density at radius 3 is 1.83 bits per heavy atom. The lowest BCUT2D eigenvalue weighted by Crippen LogP contribution is -2.30. The van der Waals surface area contributed by atoms with E-state index in [1.807, 2.05) is 30.3 Å². The van der Waals surface area contributed by atoms with Crippen molar-refractivity contribution in [2.75, 3.05) is 46.2 Å². The SMILES string of the molecule is COc1cc(OC)c(NC(=O)C(Sc2ccc(NC(=O)/C(=C/c3cc(OC)c(OC)c(OC)c3)NC(=O)c3ccccc3)cc2)c2ccccc2)cc1Cl. The highest BCUT2D eigenvalue weighted by Gasteiger charge is 2.24. The molecule has 0 radical (unpaired) electrons. The van der Waals surface area contributed by atoms with Gasteiger partial charge >= 0.3 is 0 Å². The van der Waals surface area contributed by atoms with Gasteiger partial charge in [-0.25, -0.2) is 0 Å². The zero-order valence-corrected chi connectivity index (χ0v) is 31.7. The van der Waals surface area contributed by atoms with Gasteiger partial charge in [-0.1, -0.05) is 60.1 Å². The van der Waals surface area contributed by atoms with E-state index in [1.165, 1.54) is 53.4 Å². The molecule has 0 saturated heterocycles. The first kappa shape index (κ1) is 39.1. The molecule has 3 N–H and O–H groups in total. The molecule has 5 aromatic rings. The highest BCUT2D eigenvalue weighted by atomic mass is 35.5. The van der Waals surface area contributed by atoms with Crippen molar-refractivity contribution in [2.24, 2.45) is 0 Å². The Labute approximate surface area is 322 Å². The fourth-order valence-corrected chi connectivity index (χ4v) is 6.57. The molecule has 0 spiro atoms. The largest absolute Gasteiger partial charge is 0.495 e. The predicted octanol–water partition coefficient (Wildman–Crippen LogP) is 8.26. The van der Waals surface area contributed by atoms with E-state index in [0.717, 1.165) is 10.5 Å². The fourth-order valence-electron chi connectivity index (χ4n) is 5.30. The molecule has 0 bridgehead atoms. The minimum atomic E-state index is -0.668. The molecule has 5 aromatic carbocycles. The first-order chi connectivity index (χ1) is 26.2. The molecule has 0 fully saturated rings. The highest BCUT2D eigenvalue weighted by molar-refractivity contribution is 8.00. The van der Waals surface area contributed by atoms with Crippen LogP contribution < -0.4 is 39.6 Å². The van der Waals surface area contributed by atoms with E-state index in [-0.39, 0.29) is 11.6 Å². The normalized spacial score (nSPS) is 11.5. The van der Waals surface area contributed by atoms with Crippen LogP contribution in [-0.4, -0.2) is 53.3 Å². The van der Waals surface area contributed by atoms with E-state index >= 15 is 0 Å². The number of carbonyl (C=O) groups is 3. The summed E-state index contributed by atoms with van der Waals surface area (Å²) in [5.41, 5.74) is 2.45. The fraction of sp³-hybridized carbons (Fsp3) is 0.146. The van der Waals surface area contributed by atoms with Gasteiger partial charge in [0.05, 0.1) is 46.3 Å². The van der Waals surface area contributed by atoms with Gasteiger partial charge in [0.15, 0.2) is 11.5 Å². The number of rotatable bonds is 15. The Morgan fingerprint density at radius 2 is 1.26 bits per heavy atom. The zero-order chi connectivity index (χ0) is 38.6. The van der Waals surface area contributed by atoms with Gasteiger partial charge in [-0.2, -0.15) is 0 Å². The minimum absolute atomic E-state index is 0.0357. The van der Waals surface area contributed by atoms with Gasteiger partial charge in [0, 0.05) is 22.2 Å². The summed E-state index contributed by atoms with van der Waals surface area (Å²) in [7, 11) is 7.45. The molecule has 278 valence electrons. The summed E-state index contributed by atoms with van der Waals surface area (Å²) in [5, 5.41) is 8.19. The number of thioether (sulfide) groups is 1. The molecule has 0 aromatic heterocycles. The Hall–Kier alpha value is -6.11. The number of hydrogen-bond donors (Lipinski definition) is 3. The molecule has 0 aliphatic heterocycles. The summed E-state index contributed by atoms with van der Waals surface area (Å²) in [6, 6.07) is 31.4. The summed E-state index contributed by atoms with van der Waals surface area (Å²) >= 11 is 7.68. The van der Waals surface area contributed by atoms with E-state index in [0.29, 0.717) is 56.3 Å². The topological polar surface area (TPSA) is 133 Å². The molecule has 0 aliphatic rings. The van der Waals surface area contributed by atoms with Crippen molar-refractivity contribution >= 4 is 58.5 Å². The third kappa shape index (κ3) is 9.65. The molecule has 13 heteroatoms. The average Bonchev–Trinajstić information content (AvgIpc) is 3.20. The van der Waals surface area contributed by atoms with Crippen molar-refractivity contribution in [1.82, 2.24) is 5.32 Å². The molecule has 3 amide bonds. The zero-order valence-electron chi connectivity index (χ0n) is 30.1. The number of carbonyl (C=O) groups excluding carboxylic acids is 3. The lowest BCUT2D eigenvalue weighted by atomic mass is 10.1. The monoisotopic (exact) mass is 767 g/mol. The molecule has 1 unspecified atom stereocenters. The average molecular weight is 768 g/mol. The quantitative estimate of drug-likeness (QED) is 0.0711. The van der Waals surface area contributed by atoms with Gasteiger partial charge in [-0.05, 0) is 71.8 Å². The molecule has 0 heterocycles. The molecule has 5 rings (SSSR count). The number of ether oxygens (including phenoxy) is 5. The second-order valence-electron chi connectivity index (χ2n) is 11.4. The molecule has 0 saturated carbocycles. The first-order valence-corrected chi connectivity index (χ1v) is 17.7. The summed E-state index contributed by atoms with van der Waals surface area (Å²) in [5.74, 6) is 0.567. The van der Waals surface area contributed by atoms with E-state index in [2.05, 4.69) is 16.0 Å². The van der Waals surface area contributed by atoms with E-state index in [1.54, 1.807) is 78.9 Å². The number of amides is 3. The Morgan fingerprint density at radius 1 is 0.667 bits per heavy atom. The van der Waals surface area contributed by atoms with Crippen molar-refractivity contribution in [3.8, 4) is 28.7 Å². The number of hydrogen-bond acceptors (Lipinski definition) is 9. The van der Waals surface area contributed by atoms with E-state index in [4.69, 9.17) is 35.3 Å². The molecule has 54 heavy (non-hydrogen) atoms. The third-order valence-electron chi connectivity index (χ3n) is 7.97. The standard InChI is InChI=1S/C41H38ClN3O8S/c1-49-33-24-34(50-2)31(23-30(33)42)44-41(48)38(26-12-8-6-9-13-26)54-29-18-16-28(17-19-29)43-40(47)32(45-39(46)27-14-10-7-11-15-27)20-25-21-35(51-3)37(53-5)36(22-25)52-4/h6-24,38H,1-5H3,(H,43,47)(H,44,48)(H,45,46)/b32-20-. The van der Waals surface area contributed by atoms with Crippen LogP contribution in [0.4, 0.5) is 11.4 Å². The van der Waals surface area contributed by atoms with Crippen molar-refractivity contribution in [3.63, 3.8) is 0 Å². The molecular formula is C41H38ClN3O8S. The number of benzene rings is 5. The van der Waals surface area contributed by atoms with Crippen LogP contribution in [0.25, 0.3) is 6.08 Å². The summed E-state index contributed by atoms with van der Waals surface area (Å²) in [4.78, 5) is 41.6. The van der Waals surface area contributed by atoms with Crippen LogP contribution in [0.1, 0.15) is 26.7 Å². The lowest BCUT2D eigenvalue weighted by molar-refractivity contribution is -0.116. The van der Waals surface area contributed by atoms with E-state index in [9.17, 15) is 14.4 Å². The van der Waals surface area contributed by atoms with Crippen LogP contribution in [0.2, 0.25) is 5.02 Å². The van der Waals surface area contributed by atoms with Crippen molar-refractivity contribution in [2.45, 2.75) is 10.1 Å². The van der Waals surface area contributed by atoms with Crippen LogP contribution >= 0.6 is 23.4 Å². The molecular weight excluding hydrogens is 730 g/mol. The van der Waals surface area contributed by atoms with Gasteiger partial charge in [0.1, 0.15) is 22.4 Å². The maximum absolute atomic E-state index is 13.8. The third-order valence-corrected chi connectivity index (χ3v) is 9.53. The molecule has 11 nitrogen and oxygen atoms in total. The van der Waals surface area contributed by atoms with Crippen molar-refractivity contribution < 1.29 is 38.1 Å². The summed E-state index contributed by atoms with van der Waals surface area (Å²) in [6.07, 6.45) is 1.51. The van der Waals surface area contributed by atoms with Gasteiger partial charge in [-0.15, -0.1) is 11.8 Å². The van der Waals surface area contributed by atoms with Crippen LogP contribution in [0.5, 0.6) is 28.7 Å². The predicted molar refractivity (Wildman–Crippen MR) is 211 cm³/mol. The van der Waals surface area contributed by atoms with Gasteiger partial charge in [0.25, 0.3) is 11.8 Å². The number of nitrogens with one attached hydrogen (secondary N) is 3. The molecule has 0 aliphatic carbocycles. The minimum Gasteiger partial charge on any atom is -0.495 e.